The first-order valence-electron chi connectivity index (χ1n) is 11.8. The second-order valence-electron chi connectivity index (χ2n) is 9.88. The Morgan fingerprint density at radius 2 is 1.62 bits per heavy atom. The lowest BCUT2D eigenvalue weighted by molar-refractivity contribution is 0.0201. The van der Waals surface area contributed by atoms with Gasteiger partial charge in [-0.05, 0) is 63.4 Å². The standard InChI is InChI=1S/C26H33FN4O3/c1-26(2,3)34-25(33)29-14-12-21(13-15-29)28-24(32)31-17-16-30(22-6-4-5-7-23(22)31)18-19-8-10-20(27)11-9-19/h4-11,21H,12-18H2,1-3H3,(H,28,32). The molecule has 0 aliphatic carbocycles. The first kappa shape index (κ1) is 23.9. The van der Waals surface area contributed by atoms with Gasteiger partial charge in [0, 0.05) is 38.8 Å². The number of ether oxygens (including phenoxy) is 1. The quantitative estimate of drug-likeness (QED) is 0.705. The second kappa shape index (κ2) is 9.91. The summed E-state index contributed by atoms with van der Waals surface area (Å²) in [7, 11) is 0. The van der Waals surface area contributed by atoms with Crippen molar-refractivity contribution in [2.24, 2.45) is 0 Å². The van der Waals surface area contributed by atoms with Gasteiger partial charge >= 0.3 is 12.1 Å². The first-order valence-corrected chi connectivity index (χ1v) is 11.8. The van der Waals surface area contributed by atoms with E-state index in [2.05, 4.69) is 10.2 Å². The number of benzene rings is 2. The van der Waals surface area contributed by atoms with E-state index < -0.39 is 5.60 Å². The smallest absolute Gasteiger partial charge is 0.410 e. The summed E-state index contributed by atoms with van der Waals surface area (Å²) in [4.78, 5) is 31.2. The molecule has 0 atom stereocenters. The zero-order chi connectivity index (χ0) is 24.3. The van der Waals surface area contributed by atoms with E-state index in [0.717, 1.165) is 16.9 Å². The molecule has 0 saturated carbocycles. The summed E-state index contributed by atoms with van der Waals surface area (Å²) in [6.45, 7) is 8.57. The van der Waals surface area contributed by atoms with E-state index >= 15 is 0 Å². The number of nitrogens with one attached hydrogen (secondary N) is 1. The molecule has 1 N–H and O–H groups in total. The Labute approximate surface area is 200 Å². The van der Waals surface area contributed by atoms with Gasteiger partial charge in [0.1, 0.15) is 11.4 Å². The molecule has 7 nitrogen and oxygen atoms in total. The fourth-order valence-electron chi connectivity index (χ4n) is 4.39. The highest BCUT2D eigenvalue weighted by molar-refractivity contribution is 5.97. The Morgan fingerprint density at radius 3 is 2.26 bits per heavy atom. The summed E-state index contributed by atoms with van der Waals surface area (Å²) < 4.78 is 18.7. The fourth-order valence-corrected chi connectivity index (χ4v) is 4.39. The number of halogens is 1. The van der Waals surface area contributed by atoms with E-state index in [-0.39, 0.29) is 24.0 Å². The molecular formula is C26H33FN4O3. The van der Waals surface area contributed by atoms with E-state index in [1.54, 1.807) is 21.9 Å². The zero-order valence-electron chi connectivity index (χ0n) is 20.1. The number of amides is 3. The molecule has 34 heavy (non-hydrogen) atoms. The number of likely N-dealkylation sites (tertiary alicyclic amines) is 1. The number of nitrogens with zero attached hydrogens (tertiary/aromatic N) is 3. The molecule has 4 rings (SSSR count). The Bertz CT molecular complexity index is 1010. The van der Waals surface area contributed by atoms with Crippen molar-refractivity contribution in [2.45, 2.75) is 51.8 Å². The van der Waals surface area contributed by atoms with Crippen LogP contribution in [0.25, 0.3) is 0 Å². The zero-order valence-corrected chi connectivity index (χ0v) is 20.1. The van der Waals surface area contributed by atoms with Gasteiger partial charge in [-0.2, -0.15) is 0 Å². The number of para-hydroxylation sites is 2. The Kier molecular flexibility index (Phi) is 6.95. The maximum atomic E-state index is 13.3. The van der Waals surface area contributed by atoms with Crippen molar-refractivity contribution in [3.8, 4) is 0 Å². The SMILES string of the molecule is CC(C)(C)OC(=O)N1CCC(NC(=O)N2CCN(Cc3ccc(F)cc3)c3ccccc32)CC1. The maximum absolute atomic E-state index is 13.3. The Hall–Kier alpha value is -3.29. The molecule has 1 saturated heterocycles. The number of hydrogen-bond donors (Lipinski definition) is 1. The lowest BCUT2D eigenvalue weighted by Crippen LogP contribution is -2.53. The minimum Gasteiger partial charge on any atom is -0.444 e. The maximum Gasteiger partial charge on any atom is 0.410 e. The number of fused-ring (bicyclic) bond motifs is 1. The molecule has 2 aliphatic rings. The number of rotatable bonds is 3. The topological polar surface area (TPSA) is 65.1 Å². The molecule has 182 valence electrons. The van der Waals surface area contributed by atoms with Crippen LogP contribution < -0.4 is 15.1 Å². The van der Waals surface area contributed by atoms with Crippen molar-refractivity contribution >= 4 is 23.5 Å². The van der Waals surface area contributed by atoms with Crippen molar-refractivity contribution in [1.82, 2.24) is 10.2 Å². The lowest BCUT2D eigenvalue weighted by atomic mass is 10.1. The van der Waals surface area contributed by atoms with Crippen LogP contribution in [0.1, 0.15) is 39.2 Å². The van der Waals surface area contributed by atoms with Gasteiger partial charge in [-0.3, -0.25) is 4.90 Å². The van der Waals surface area contributed by atoms with Crippen LogP contribution in [0, 0.1) is 5.82 Å². The normalized spacial score (nSPS) is 16.8. The van der Waals surface area contributed by atoms with Crippen LogP contribution in [0.5, 0.6) is 0 Å². The van der Waals surface area contributed by atoms with Gasteiger partial charge in [0.05, 0.1) is 11.4 Å². The third-order valence-corrected chi connectivity index (χ3v) is 6.11. The van der Waals surface area contributed by atoms with Crippen LogP contribution in [-0.2, 0) is 11.3 Å². The van der Waals surface area contributed by atoms with Crippen LogP contribution in [0.4, 0.5) is 25.4 Å². The van der Waals surface area contributed by atoms with E-state index in [1.165, 1.54) is 12.1 Å². The van der Waals surface area contributed by atoms with Crippen LogP contribution in [0.2, 0.25) is 0 Å². The average Bonchev–Trinajstić information content (AvgIpc) is 2.80. The third kappa shape index (κ3) is 5.79. The van der Waals surface area contributed by atoms with Crippen LogP contribution in [0.15, 0.2) is 48.5 Å². The van der Waals surface area contributed by atoms with Crippen molar-refractivity contribution in [1.29, 1.82) is 0 Å². The summed E-state index contributed by atoms with van der Waals surface area (Å²) in [6, 6.07) is 14.3. The lowest BCUT2D eigenvalue weighted by Gasteiger charge is -2.39. The van der Waals surface area contributed by atoms with Crippen molar-refractivity contribution in [3.05, 3.63) is 59.9 Å². The minimum atomic E-state index is -0.519. The Balaban J connectivity index is 1.36. The molecule has 0 aromatic heterocycles. The molecule has 3 amide bonds. The van der Waals surface area contributed by atoms with Gasteiger partial charge in [0.15, 0.2) is 0 Å². The predicted molar refractivity (Wildman–Crippen MR) is 131 cm³/mol. The summed E-state index contributed by atoms with van der Waals surface area (Å²) >= 11 is 0. The van der Waals surface area contributed by atoms with Gasteiger partial charge < -0.3 is 19.9 Å². The first-order chi connectivity index (χ1) is 16.2. The van der Waals surface area contributed by atoms with Gasteiger partial charge in [0.25, 0.3) is 0 Å². The number of hydrogen-bond acceptors (Lipinski definition) is 4. The van der Waals surface area contributed by atoms with Crippen molar-refractivity contribution < 1.29 is 18.7 Å². The summed E-state index contributed by atoms with van der Waals surface area (Å²) in [5.74, 6) is -0.248. The van der Waals surface area contributed by atoms with Crippen LogP contribution in [-0.4, -0.2) is 54.8 Å². The number of urea groups is 1. The van der Waals surface area contributed by atoms with E-state index in [0.29, 0.717) is 45.6 Å². The van der Waals surface area contributed by atoms with Gasteiger partial charge in [0.2, 0.25) is 0 Å². The molecule has 2 aromatic carbocycles. The van der Waals surface area contributed by atoms with E-state index in [9.17, 15) is 14.0 Å². The number of carbonyl (C=O) groups is 2. The molecule has 0 radical (unpaired) electrons. The minimum absolute atomic E-state index is 0.00981. The third-order valence-electron chi connectivity index (χ3n) is 6.11. The molecule has 0 spiro atoms. The van der Waals surface area contributed by atoms with Crippen molar-refractivity contribution in [2.75, 3.05) is 36.0 Å². The summed E-state index contributed by atoms with van der Waals surface area (Å²) in [6.07, 6.45) is 1.08. The summed E-state index contributed by atoms with van der Waals surface area (Å²) in [5, 5.41) is 3.16. The van der Waals surface area contributed by atoms with Gasteiger partial charge in [-0.1, -0.05) is 24.3 Å². The number of carbonyl (C=O) groups excluding carboxylic acids is 2. The van der Waals surface area contributed by atoms with Gasteiger partial charge in [-0.15, -0.1) is 0 Å². The van der Waals surface area contributed by atoms with E-state index in [1.807, 2.05) is 45.0 Å². The molecule has 8 heteroatoms. The Morgan fingerprint density at radius 1 is 0.971 bits per heavy atom. The van der Waals surface area contributed by atoms with Crippen molar-refractivity contribution in [3.63, 3.8) is 0 Å². The highest BCUT2D eigenvalue weighted by Crippen LogP contribution is 2.34. The molecule has 0 unspecified atom stereocenters. The molecule has 2 heterocycles. The summed E-state index contributed by atoms with van der Waals surface area (Å²) in [5.41, 5.74) is 2.34. The molecule has 2 aromatic rings. The van der Waals surface area contributed by atoms with Crippen LogP contribution in [0.3, 0.4) is 0 Å². The highest BCUT2D eigenvalue weighted by atomic mass is 19.1. The molecular weight excluding hydrogens is 435 g/mol. The molecule has 1 fully saturated rings. The van der Waals surface area contributed by atoms with Crippen LogP contribution >= 0.6 is 0 Å². The molecule has 0 bridgehead atoms. The monoisotopic (exact) mass is 468 g/mol. The highest BCUT2D eigenvalue weighted by Gasteiger charge is 2.31. The van der Waals surface area contributed by atoms with Gasteiger partial charge in [-0.25, -0.2) is 14.0 Å². The van der Waals surface area contributed by atoms with E-state index in [4.69, 9.17) is 4.74 Å². The number of piperidine rings is 1. The predicted octanol–water partition coefficient (Wildman–Crippen LogP) is 4.76. The largest absolute Gasteiger partial charge is 0.444 e. The fraction of sp³-hybridized carbons (Fsp3) is 0.462. The second-order valence-corrected chi connectivity index (χ2v) is 9.88. The molecule has 2 aliphatic heterocycles. The number of anilines is 2. The average molecular weight is 469 g/mol.